The zero-order valence-electron chi connectivity index (χ0n) is 8.98. The standard InChI is InChI=1S/C11H23N/c1-9(2)12-8-11(3,4)10-6-5-7-10/h9-10,12H,5-8H2,1-4H3. The molecule has 1 N–H and O–H groups in total. The molecule has 0 radical (unpaired) electrons. The van der Waals surface area contributed by atoms with Crippen molar-refractivity contribution in [3.8, 4) is 0 Å². The smallest absolute Gasteiger partial charge is 0.00106 e. The summed E-state index contributed by atoms with van der Waals surface area (Å²) in [6.07, 6.45) is 4.36. The molecule has 0 amide bonds. The van der Waals surface area contributed by atoms with E-state index in [0.717, 1.165) is 5.92 Å². The molecule has 1 fully saturated rings. The third kappa shape index (κ3) is 2.48. The summed E-state index contributed by atoms with van der Waals surface area (Å²) in [7, 11) is 0. The average molecular weight is 169 g/mol. The first-order valence-corrected chi connectivity index (χ1v) is 5.26. The van der Waals surface area contributed by atoms with Crippen LogP contribution in [0.1, 0.15) is 47.0 Å². The highest BCUT2D eigenvalue weighted by atomic mass is 14.9. The largest absolute Gasteiger partial charge is 0.314 e. The molecule has 0 aromatic rings. The Balaban J connectivity index is 2.26. The van der Waals surface area contributed by atoms with Gasteiger partial charge in [0.2, 0.25) is 0 Å². The molecule has 1 heteroatoms. The van der Waals surface area contributed by atoms with E-state index in [1.54, 1.807) is 0 Å². The minimum Gasteiger partial charge on any atom is -0.314 e. The van der Waals surface area contributed by atoms with Crippen molar-refractivity contribution in [1.82, 2.24) is 5.32 Å². The highest BCUT2D eigenvalue weighted by Crippen LogP contribution is 2.41. The molecule has 0 aromatic heterocycles. The average Bonchev–Trinajstić information content (AvgIpc) is 1.78. The SMILES string of the molecule is CC(C)NCC(C)(C)C1CCC1. The van der Waals surface area contributed by atoms with Gasteiger partial charge in [0.25, 0.3) is 0 Å². The van der Waals surface area contributed by atoms with Crippen molar-refractivity contribution in [2.45, 2.75) is 53.0 Å². The lowest BCUT2D eigenvalue weighted by molar-refractivity contribution is 0.116. The summed E-state index contributed by atoms with van der Waals surface area (Å²) in [5.74, 6) is 0.976. The Bertz CT molecular complexity index is 134. The van der Waals surface area contributed by atoms with Crippen molar-refractivity contribution in [2.24, 2.45) is 11.3 Å². The van der Waals surface area contributed by atoms with Crippen molar-refractivity contribution in [3.05, 3.63) is 0 Å². The van der Waals surface area contributed by atoms with E-state index < -0.39 is 0 Å². The number of hydrogen-bond acceptors (Lipinski definition) is 1. The number of rotatable bonds is 4. The highest BCUT2D eigenvalue weighted by Gasteiger charge is 2.33. The maximum absolute atomic E-state index is 3.53. The Hall–Kier alpha value is -0.0400. The molecule has 0 saturated heterocycles. The van der Waals surface area contributed by atoms with Crippen molar-refractivity contribution in [3.63, 3.8) is 0 Å². The van der Waals surface area contributed by atoms with Gasteiger partial charge in [-0.3, -0.25) is 0 Å². The van der Waals surface area contributed by atoms with E-state index in [-0.39, 0.29) is 0 Å². The van der Waals surface area contributed by atoms with Gasteiger partial charge < -0.3 is 5.32 Å². The predicted octanol–water partition coefficient (Wildman–Crippen LogP) is 2.81. The summed E-state index contributed by atoms with van der Waals surface area (Å²) in [6, 6.07) is 0.629. The van der Waals surface area contributed by atoms with Crippen LogP contribution in [-0.2, 0) is 0 Å². The Morgan fingerprint density at radius 2 is 1.92 bits per heavy atom. The first-order chi connectivity index (χ1) is 5.52. The van der Waals surface area contributed by atoms with Crippen LogP contribution in [0.4, 0.5) is 0 Å². The van der Waals surface area contributed by atoms with Gasteiger partial charge in [-0.05, 0) is 24.2 Å². The molecule has 1 rings (SSSR count). The third-order valence-electron chi connectivity index (χ3n) is 3.18. The van der Waals surface area contributed by atoms with Crippen LogP contribution in [0.25, 0.3) is 0 Å². The van der Waals surface area contributed by atoms with Crippen LogP contribution in [0.2, 0.25) is 0 Å². The van der Waals surface area contributed by atoms with Gasteiger partial charge in [-0.25, -0.2) is 0 Å². The van der Waals surface area contributed by atoms with Crippen molar-refractivity contribution in [2.75, 3.05) is 6.54 Å². The lowest BCUT2D eigenvalue weighted by Gasteiger charge is -2.41. The van der Waals surface area contributed by atoms with Crippen LogP contribution in [0.15, 0.2) is 0 Å². The molecule has 0 heterocycles. The Kier molecular flexibility index (Phi) is 3.16. The van der Waals surface area contributed by atoms with E-state index in [2.05, 4.69) is 33.0 Å². The van der Waals surface area contributed by atoms with Crippen molar-refractivity contribution < 1.29 is 0 Å². The van der Waals surface area contributed by atoms with E-state index in [1.165, 1.54) is 25.8 Å². The molecule has 1 nitrogen and oxygen atoms in total. The van der Waals surface area contributed by atoms with Gasteiger partial charge in [0.15, 0.2) is 0 Å². The minimum absolute atomic E-state index is 0.516. The van der Waals surface area contributed by atoms with Gasteiger partial charge in [0.1, 0.15) is 0 Å². The van der Waals surface area contributed by atoms with E-state index >= 15 is 0 Å². The van der Waals surface area contributed by atoms with Gasteiger partial charge >= 0.3 is 0 Å². The van der Waals surface area contributed by atoms with E-state index in [1.807, 2.05) is 0 Å². The Morgan fingerprint density at radius 1 is 1.33 bits per heavy atom. The molecule has 72 valence electrons. The monoisotopic (exact) mass is 169 g/mol. The predicted molar refractivity (Wildman–Crippen MR) is 54.3 cm³/mol. The van der Waals surface area contributed by atoms with Gasteiger partial charge in [0, 0.05) is 12.6 Å². The molecule has 0 aromatic carbocycles. The zero-order valence-corrected chi connectivity index (χ0v) is 8.98. The molecular weight excluding hydrogens is 146 g/mol. The normalized spacial score (nSPS) is 19.8. The van der Waals surface area contributed by atoms with Crippen molar-refractivity contribution in [1.29, 1.82) is 0 Å². The van der Waals surface area contributed by atoms with Gasteiger partial charge in [0.05, 0.1) is 0 Å². The first-order valence-electron chi connectivity index (χ1n) is 5.26. The lowest BCUT2D eigenvalue weighted by Crippen LogP contribution is -2.41. The summed E-state index contributed by atoms with van der Waals surface area (Å²) >= 11 is 0. The molecule has 0 bridgehead atoms. The second-order valence-corrected chi connectivity index (χ2v) is 5.15. The van der Waals surface area contributed by atoms with Crippen molar-refractivity contribution >= 4 is 0 Å². The molecule has 0 atom stereocenters. The third-order valence-corrected chi connectivity index (χ3v) is 3.18. The summed E-state index contributed by atoms with van der Waals surface area (Å²) in [4.78, 5) is 0. The molecule has 1 aliphatic rings. The van der Waals surface area contributed by atoms with Crippen LogP contribution in [-0.4, -0.2) is 12.6 Å². The second-order valence-electron chi connectivity index (χ2n) is 5.15. The van der Waals surface area contributed by atoms with Crippen LogP contribution >= 0.6 is 0 Å². The molecule has 0 unspecified atom stereocenters. The van der Waals surface area contributed by atoms with Gasteiger partial charge in [-0.1, -0.05) is 34.1 Å². The van der Waals surface area contributed by atoms with Crippen LogP contribution in [0.3, 0.4) is 0 Å². The number of hydrogen-bond donors (Lipinski definition) is 1. The van der Waals surface area contributed by atoms with Gasteiger partial charge in [-0.2, -0.15) is 0 Å². The van der Waals surface area contributed by atoms with Crippen LogP contribution < -0.4 is 5.32 Å². The second kappa shape index (κ2) is 3.78. The fourth-order valence-electron chi connectivity index (χ4n) is 1.80. The number of nitrogens with one attached hydrogen (secondary N) is 1. The van der Waals surface area contributed by atoms with Crippen LogP contribution in [0.5, 0.6) is 0 Å². The topological polar surface area (TPSA) is 12.0 Å². The highest BCUT2D eigenvalue weighted by molar-refractivity contribution is 4.86. The Labute approximate surface area is 76.9 Å². The maximum Gasteiger partial charge on any atom is 0.00106 e. The quantitative estimate of drug-likeness (QED) is 0.682. The molecule has 1 saturated carbocycles. The Morgan fingerprint density at radius 3 is 2.25 bits per heavy atom. The van der Waals surface area contributed by atoms with Crippen LogP contribution in [0, 0.1) is 11.3 Å². The first kappa shape index (κ1) is 10.0. The lowest BCUT2D eigenvalue weighted by atomic mass is 9.67. The molecular formula is C11H23N. The summed E-state index contributed by atoms with van der Waals surface area (Å²) in [6.45, 7) is 10.4. The summed E-state index contributed by atoms with van der Waals surface area (Å²) in [5.41, 5.74) is 0.516. The zero-order chi connectivity index (χ0) is 9.19. The fourth-order valence-corrected chi connectivity index (χ4v) is 1.80. The van der Waals surface area contributed by atoms with E-state index in [0.29, 0.717) is 11.5 Å². The minimum atomic E-state index is 0.516. The molecule has 0 spiro atoms. The summed E-state index contributed by atoms with van der Waals surface area (Å²) in [5, 5.41) is 3.53. The summed E-state index contributed by atoms with van der Waals surface area (Å²) < 4.78 is 0. The van der Waals surface area contributed by atoms with E-state index in [9.17, 15) is 0 Å². The maximum atomic E-state index is 3.53. The van der Waals surface area contributed by atoms with E-state index in [4.69, 9.17) is 0 Å². The van der Waals surface area contributed by atoms with Gasteiger partial charge in [-0.15, -0.1) is 0 Å². The molecule has 0 aliphatic heterocycles. The molecule has 12 heavy (non-hydrogen) atoms. The fraction of sp³-hybridized carbons (Fsp3) is 1.00. The molecule has 1 aliphatic carbocycles.